The molecule has 1 atom stereocenters. The van der Waals surface area contributed by atoms with Gasteiger partial charge in [0.05, 0.1) is 0 Å². The first-order valence-corrected chi connectivity index (χ1v) is 33.3. The van der Waals surface area contributed by atoms with Crippen molar-refractivity contribution in [3.05, 3.63) is 182 Å². The van der Waals surface area contributed by atoms with E-state index in [2.05, 4.69) is 203 Å². The summed E-state index contributed by atoms with van der Waals surface area (Å²) < 4.78 is 16.9. The summed E-state index contributed by atoms with van der Waals surface area (Å²) >= 11 is 0. The van der Waals surface area contributed by atoms with E-state index in [1.54, 1.807) is 0 Å². The molecule has 0 amide bonds. The predicted molar refractivity (Wildman–Crippen MR) is 361 cm³/mol. The van der Waals surface area contributed by atoms with E-state index in [1.165, 1.54) is 70.6 Å². The van der Waals surface area contributed by atoms with Crippen LogP contribution in [0.15, 0.2) is 182 Å². The molecule has 6 nitrogen and oxygen atoms in total. The number of esters is 3. The minimum absolute atomic E-state index is 0.119. The molecule has 83 heavy (non-hydrogen) atoms. The van der Waals surface area contributed by atoms with Crippen LogP contribution in [-0.4, -0.2) is 37.2 Å². The lowest BCUT2D eigenvalue weighted by molar-refractivity contribution is -0.167. The van der Waals surface area contributed by atoms with Crippen molar-refractivity contribution in [1.29, 1.82) is 0 Å². The van der Waals surface area contributed by atoms with Crippen LogP contribution in [0.5, 0.6) is 0 Å². The Kier molecular flexibility index (Phi) is 64.4. The zero-order chi connectivity index (χ0) is 59.9. The van der Waals surface area contributed by atoms with Gasteiger partial charge in [-0.2, -0.15) is 0 Å². The number of unbranched alkanes of at least 4 members (excludes halogenated alkanes) is 17. The molecule has 0 bridgehead atoms. The second kappa shape index (κ2) is 69.0. The summed E-state index contributed by atoms with van der Waals surface area (Å²) in [6, 6.07) is 0. The first kappa shape index (κ1) is 77.5. The van der Waals surface area contributed by atoms with Crippen LogP contribution in [0.25, 0.3) is 0 Å². The Morgan fingerprint density at radius 3 is 0.783 bits per heavy atom. The smallest absolute Gasteiger partial charge is 0.306 e. The van der Waals surface area contributed by atoms with Gasteiger partial charge >= 0.3 is 17.9 Å². The van der Waals surface area contributed by atoms with Crippen molar-refractivity contribution in [2.24, 2.45) is 0 Å². The molecule has 0 rings (SSSR count). The molecule has 0 fully saturated rings. The minimum atomic E-state index is -0.827. The van der Waals surface area contributed by atoms with Gasteiger partial charge in [-0.3, -0.25) is 14.4 Å². The fourth-order valence-corrected chi connectivity index (χ4v) is 8.46. The van der Waals surface area contributed by atoms with Crippen LogP contribution in [0, 0.1) is 0 Å². The van der Waals surface area contributed by atoms with Crippen molar-refractivity contribution < 1.29 is 28.6 Å². The molecule has 0 spiro atoms. The van der Waals surface area contributed by atoms with E-state index in [1.807, 2.05) is 0 Å². The lowest BCUT2D eigenvalue weighted by Crippen LogP contribution is -2.30. The molecule has 0 N–H and O–H groups in total. The third-order valence-electron chi connectivity index (χ3n) is 13.4. The topological polar surface area (TPSA) is 78.9 Å². The van der Waals surface area contributed by atoms with Crippen molar-refractivity contribution in [3.63, 3.8) is 0 Å². The van der Waals surface area contributed by atoms with Crippen molar-refractivity contribution in [3.8, 4) is 0 Å². The van der Waals surface area contributed by atoms with Gasteiger partial charge in [0.25, 0.3) is 0 Å². The largest absolute Gasteiger partial charge is 0.462 e. The Balaban J connectivity index is 4.54. The van der Waals surface area contributed by atoms with Crippen LogP contribution in [0.3, 0.4) is 0 Å². The fraction of sp³-hybridized carbons (Fsp3) is 0.571. The summed E-state index contributed by atoms with van der Waals surface area (Å²) in [5, 5.41) is 0. The highest BCUT2D eigenvalue weighted by molar-refractivity contribution is 5.71. The number of ether oxygens (including phenoxy) is 3. The van der Waals surface area contributed by atoms with Crippen LogP contribution in [0.2, 0.25) is 0 Å². The molecule has 0 saturated carbocycles. The van der Waals surface area contributed by atoms with Crippen molar-refractivity contribution >= 4 is 17.9 Å². The molecule has 0 saturated heterocycles. The number of hydrogen-bond acceptors (Lipinski definition) is 6. The Morgan fingerprint density at radius 2 is 0.482 bits per heavy atom. The van der Waals surface area contributed by atoms with Crippen LogP contribution in [-0.2, 0) is 28.6 Å². The summed E-state index contributed by atoms with van der Waals surface area (Å²) in [5.74, 6) is -1.01. The third kappa shape index (κ3) is 67.2. The first-order valence-electron chi connectivity index (χ1n) is 33.3. The van der Waals surface area contributed by atoms with Crippen molar-refractivity contribution in [2.45, 2.75) is 271 Å². The predicted octanol–water partition coefficient (Wildman–Crippen LogP) is 23.2. The highest BCUT2D eigenvalue weighted by atomic mass is 16.6. The van der Waals surface area contributed by atoms with Crippen LogP contribution < -0.4 is 0 Å². The molecule has 464 valence electrons. The van der Waals surface area contributed by atoms with E-state index in [0.29, 0.717) is 19.3 Å². The van der Waals surface area contributed by atoms with E-state index in [9.17, 15) is 14.4 Å². The maximum Gasteiger partial charge on any atom is 0.306 e. The highest BCUT2D eigenvalue weighted by Crippen LogP contribution is 2.14. The monoisotopic (exact) mass is 1140 g/mol. The summed E-state index contributed by atoms with van der Waals surface area (Å²) in [5.41, 5.74) is 0. The van der Waals surface area contributed by atoms with Crippen LogP contribution in [0.1, 0.15) is 265 Å². The quantitative estimate of drug-likeness (QED) is 0.0261. The van der Waals surface area contributed by atoms with Gasteiger partial charge in [0, 0.05) is 19.3 Å². The van der Waals surface area contributed by atoms with Crippen LogP contribution >= 0.6 is 0 Å². The highest BCUT2D eigenvalue weighted by Gasteiger charge is 2.19. The van der Waals surface area contributed by atoms with E-state index < -0.39 is 6.10 Å². The van der Waals surface area contributed by atoms with E-state index in [0.717, 1.165) is 148 Å². The van der Waals surface area contributed by atoms with Gasteiger partial charge in [-0.25, -0.2) is 0 Å². The molecule has 1 unspecified atom stereocenters. The molecule has 0 aromatic heterocycles. The third-order valence-corrected chi connectivity index (χ3v) is 13.4. The molecular formula is C77H120O6. The van der Waals surface area contributed by atoms with E-state index in [4.69, 9.17) is 14.2 Å². The van der Waals surface area contributed by atoms with Crippen molar-refractivity contribution in [1.82, 2.24) is 0 Å². The lowest BCUT2D eigenvalue weighted by atomic mass is 10.1. The maximum atomic E-state index is 12.9. The Labute approximate surface area is 510 Å². The first-order chi connectivity index (χ1) is 41.0. The normalized spacial score (nSPS) is 13.3. The van der Waals surface area contributed by atoms with Gasteiger partial charge in [-0.1, -0.05) is 274 Å². The van der Waals surface area contributed by atoms with E-state index >= 15 is 0 Å². The Hall–Kier alpha value is -5.49. The molecule has 0 aliphatic carbocycles. The van der Waals surface area contributed by atoms with Crippen LogP contribution in [0.4, 0.5) is 0 Å². The second-order valence-electron chi connectivity index (χ2n) is 21.3. The number of hydrogen-bond donors (Lipinski definition) is 0. The Morgan fingerprint density at radius 1 is 0.253 bits per heavy atom. The molecule has 0 aromatic rings. The Bertz CT molecular complexity index is 1940. The zero-order valence-corrected chi connectivity index (χ0v) is 53.1. The van der Waals surface area contributed by atoms with Gasteiger partial charge < -0.3 is 14.2 Å². The summed E-state index contributed by atoms with van der Waals surface area (Å²) in [6.07, 6.45) is 103. The number of allylic oxidation sites excluding steroid dienone is 30. The second-order valence-corrected chi connectivity index (χ2v) is 21.3. The standard InChI is InChI=1S/C77H120O6/c1-4-7-10-13-16-19-22-25-28-31-33-34-35-36-37-38-39-40-41-42-44-46-49-52-55-58-61-64-67-70-76(79)82-73-74(72-81-75(78)69-66-63-60-57-54-51-48-45-30-27-24-21-18-15-12-9-6-3)83-77(80)71-68-65-62-59-56-53-50-47-43-32-29-26-23-20-17-14-11-8-5-2/h7,9-10,12,16-21,25-30,33-34,36-37,39-40,42,44,48-49,51-52,58,61,74H,4-6,8,11,13-15,22-24,31-32,35,38,41,43,45-47,50,53-57,59-60,62-73H2,1-3H3/b10-7-,12-9-,19-16-,20-17-,21-18-,28-25-,29-26-,30-27-,34-33-,37-36-,40-39-,44-42-,51-48-,52-49-,61-58-. The van der Waals surface area contributed by atoms with Gasteiger partial charge in [0.2, 0.25) is 0 Å². The lowest BCUT2D eigenvalue weighted by Gasteiger charge is -2.18. The molecule has 0 heterocycles. The van der Waals surface area contributed by atoms with Gasteiger partial charge in [-0.05, 0) is 154 Å². The fourth-order valence-electron chi connectivity index (χ4n) is 8.46. The summed E-state index contributed by atoms with van der Waals surface area (Å²) in [6.45, 7) is 6.31. The minimum Gasteiger partial charge on any atom is -0.462 e. The van der Waals surface area contributed by atoms with E-state index in [-0.39, 0.29) is 37.5 Å². The summed E-state index contributed by atoms with van der Waals surface area (Å²) in [7, 11) is 0. The van der Waals surface area contributed by atoms with Gasteiger partial charge in [0.15, 0.2) is 6.10 Å². The number of rotatable bonds is 58. The molecular weight excluding hydrogens is 1020 g/mol. The van der Waals surface area contributed by atoms with Gasteiger partial charge in [0.1, 0.15) is 13.2 Å². The van der Waals surface area contributed by atoms with Crippen molar-refractivity contribution in [2.75, 3.05) is 13.2 Å². The van der Waals surface area contributed by atoms with Gasteiger partial charge in [-0.15, -0.1) is 0 Å². The molecule has 0 aliphatic rings. The molecule has 0 aromatic carbocycles. The molecule has 0 aliphatic heterocycles. The zero-order valence-electron chi connectivity index (χ0n) is 53.1. The average Bonchev–Trinajstić information content (AvgIpc) is 3.49. The summed E-state index contributed by atoms with van der Waals surface area (Å²) in [4.78, 5) is 38.4. The number of carbonyl (C=O) groups is 3. The maximum absolute atomic E-state index is 12.9. The molecule has 6 heteroatoms. The average molecular weight is 1140 g/mol. The molecule has 0 radical (unpaired) electrons. The number of carbonyl (C=O) groups excluding carboxylic acids is 3. The SMILES string of the molecule is CC/C=C\C/C=C\C/C=C\C/C=C\C/C=C\C/C=C\C/C=C\C/C=C\C/C=C\CCCC(=O)OCC(COC(=O)CCCCCC/C=C\C/C=C\C/C=C\C/C=C\CC)OC(=O)CCCCCCCCCCC/C=C\C/C=C\CCCCC.